The molecule has 1 aliphatic rings. The van der Waals surface area contributed by atoms with Crippen molar-refractivity contribution in [2.45, 2.75) is 18.9 Å². The number of carbonyl (C=O) groups is 1. The number of hydrogen-bond acceptors (Lipinski definition) is 5. The van der Waals surface area contributed by atoms with Crippen LogP contribution in [0.4, 0.5) is 0 Å². The van der Waals surface area contributed by atoms with E-state index >= 15 is 0 Å². The predicted molar refractivity (Wildman–Crippen MR) is 74.0 cm³/mol. The molecular weight excluding hydrogens is 246 g/mol. The fraction of sp³-hybridized carbons (Fsp3) is 0.923. The van der Waals surface area contributed by atoms with Gasteiger partial charge < -0.3 is 20.1 Å². The van der Waals surface area contributed by atoms with Crippen LogP contribution in [0.25, 0.3) is 0 Å². The van der Waals surface area contributed by atoms with E-state index in [1.807, 2.05) is 4.90 Å². The van der Waals surface area contributed by atoms with E-state index in [0.717, 1.165) is 45.8 Å². The van der Waals surface area contributed by atoms with Crippen LogP contribution in [0.3, 0.4) is 0 Å². The molecule has 1 amide bonds. The van der Waals surface area contributed by atoms with Gasteiger partial charge in [0, 0.05) is 46.9 Å². The molecule has 1 fully saturated rings. The van der Waals surface area contributed by atoms with E-state index in [4.69, 9.17) is 15.2 Å². The van der Waals surface area contributed by atoms with Crippen molar-refractivity contribution < 1.29 is 14.3 Å². The van der Waals surface area contributed by atoms with E-state index in [1.54, 1.807) is 14.2 Å². The second kappa shape index (κ2) is 9.25. The van der Waals surface area contributed by atoms with Crippen molar-refractivity contribution in [3.05, 3.63) is 0 Å². The molecule has 0 aromatic rings. The smallest absolute Gasteiger partial charge is 0.225 e. The molecule has 112 valence electrons. The molecule has 1 heterocycles. The van der Waals surface area contributed by atoms with Gasteiger partial charge in [-0.05, 0) is 13.0 Å². The molecule has 0 aliphatic carbocycles. The summed E-state index contributed by atoms with van der Waals surface area (Å²) in [6.45, 7) is 5.60. The van der Waals surface area contributed by atoms with Crippen LogP contribution in [0.15, 0.2) is 0 Å². The van der Waals surface area contributed by atoms with Crippen LogP contribution < -0.4 is 5.73 Å². The zero-order valence-corrected chi connectivity index (χ0v) is 12.1. The lowest BCUT2D eigenvalue weighted by Gasteiger charge is -2.23. The highest BCUT2D eigenvalue weighted by atomic mass is 16.5. The Morgan fingerprint density at radius 2 is 2.05 bits per heavy atom. The number of rotatable bonds is 7. The van der Waals surface area contributed by atoms with Gasteiger partial charge in [-0.15, -0.1) is 0 Å². The summed E-state index contributed by atoms with van der Waals surface area (Å²) in [5.41, 5.74) is 5.55. The van der Waals surface area contributed by atoms with Gasteiger partial charge in [0.2, 0.25) is 5.91 Å². The molecule has 0 spiro atoms. The molecule has 0 aromatic carbocycles. The molecule has 0 aromatic heterocycles. The number of nitrogens with two attached hydrogens (primary N) is 1. The average molecular weight is 273 g/mol. The molecule has 1 saturated heterocycles. The molecule has 1 atom stereocenters. The topological polar surface area (TPSA) is 68.0 Å². The normalized spacial score (nSPS) is 19.2. The number of carbonyl (C=O) groups excluding carboxylic acids is 1. The molecule has 1 unspecified atom stereocenters. The van der Waals surface area contributed by atoms with E-state index in [0.29, 0.717) is 13.0 Å². The number of amides is 1. The van der Waals surface area contributed by atoms with Crippen molar-refractivity contribution in [2.75, 3.05) is 60.1 Å². The Morgan fingerprint density at radius 3 is 2.68 bits per heavy atom. The quantitative estimate of drug-likeness (QED) is 0.679. The maximum Gasteiger partial charge on any atom is 0.225 e. The number of methoxy groups -OCH3 is 2. The monoisotopic (exact) mass is 273 g/mol. The third-order valence-corrected chi connectivity index (χ3v) is 3.55. The Kier molecular flexibility index (Phi) is 7.97. The molecule has 2 N–H and O–H groups in total. The summed E-state index contributed by atoms with van der Waals surface area (Å²) in [5, 5.41) is 0. The van der Waals surface area contributed by atoms with E-state index in [-0.39, 0.29) is 12.0 Å². The molecule has 6 nitrogen and oxygen atoms in total. The van der Waals surface area contributed by atoms with Crippen molar-refractivity contribution in [2.24, 2.45) is 5.73 Å². The van der Waals surface area contributed by atoms with E-state index in [1.165, 1.54) is 0 Å². The van der Waals surface area contributed by atoms with Gasteiger partial charge in [0.15, 0.2) is 0 Å². The Bertz CT molecular complexity index is 260. The largest absolute Gasteiger partial charge is 0.383 e. The van der Waals surface area contributed by atoms with Crippen LogP contribution in [0.5, 0.6) is 0 Å². The summed E-state index contributed by atoms with van der Waals surface area (Å²) in [4.78, 5) is 16.4. The van der Waals surface area contributed by atoms with Crippen molar-refractivity contribution >= 4 is 5.91 Å². The van der Waals surface area contributed by atoms with E-state index < -0.39 is 0 Å². The van der Waals surface area contributed by atoms with Crippen molar-refractivity contribution in [1.82, 2.24) is 9.80 Å². The minimum Gasteiger partial charge on any atom is -0.383 e. The first-order valence-electron chi connectivity index (χ1n) is 6.93. The average Bonchev–Trinajstić information content (AvgIpc) is 2.67. The SMILES string of the molecule is COCCN1CCCN(C(=O)CC(CN)OC)CC1. The highest BCUT2D eigenvalue weighted by Crippen LogP contribution is 2.07. The zero-order valence-electron chi connectivity index (χ0n) is 12.1. The van der Waals surface area contributed by atoms with E-state index in [9.17, 15) is 4.79 Å². The molecule has 0 saturated carbocycles. The van der Waals surface area contributed by atoms with Crippen LogP contribution in [-0.2, 0) is 14.3 Å². The molecule has 19 heavy (non-hydrogen) atoms. The van der Waals surface area contributed by atoms with Gasteiger partial charge in [-0.2, -0.15) is 0 Å². The predicted octanol–water partition coefficient (Wildman–Crippen LogP) is -0.469. The maximum absolute atomic E-state index is 12.1. The van der Waals surface area contributed by atoms with Gasteiger partial charge in [-0.25, -0.2) is 0 Å². The summed E-state index contributed by atoms with van der Waals surface area (Å²) >= 11 is 0. The minimum atomic E-state index is -0.166. The van der Waals surface area contributed by atoms with Gasteiger partial charge in [0.05, 0.1) is 19.1 Å². The number of nitrogens with zero attached hydrogens (tertiary/aromatic N) is 2. The summed E-state index contributed by atoms with van der Waals surface area (Å²) in [6, 6.07) is 0. The first-order chi connectivity index (χ1) is 9.21. The van der Waals surface area contributed by atoms with Crippen LogP contribution in [-0.4, -0.2) is 81.9 Å². The Morgan fingerprint density at radius 1 is 1.26 bits per heavy atom. The Balaban J connectivity index is 2.36. The summed E-state index contributed by atoms with van der Waals surface area (Å²) in [5.74, 6) is 0.144. The Hall–Kier alpha value is -0.690. The Labute approximate surface area is 115 Å². The lowest BCUT2D eigenvalue weighted by atomic mass is 10.2. The van der Waals surface area contributed by atoms with Gasteiger partial charge in [0.1, 0.15) is 0 Å². The van der Waals surface area contributed by atoms with Crippen LogP contribution in [0.1, 0.15) is 12.8 Å². The van der Waals surface area contributed by atoms with Gasteiger partial charge in [0.25, 0.3) is 0 Å². The second-order valence-corrected chi connectivity index (χ2v) is 4.87. The molecule has 0 bridgehead atoms. The summed E-state index contributed by atoms with van der Waals surface area (Å²) in [7, 11) is 3.31. The lowest BCUT2D eigenvalue weighted by molar-refractivity contribution is -0.133. The zero-order chi connectivity index (χ0) is 14.1. The number of hydrogen-bond donors (Lipinski definition) is 1. The third kappa shape index (κ3) is 5.86. The first kappa shape index (κ1) is 16.4. The highest BCUT2D eigenvalue weighted by Gasteiger charge is 2.21. The maximum atomic E-state index is 12.1. The molecule has 1 rings (SSSR count). The molecule has 6 heteroatoms. The van der Waals surface area contributed by atoms with Gasteiger partial charge in [-0.1, -0.05) is 0 Å². The number of ether oxygens (including phenoxy) is 2. The fourth-order valence-corrected chi connectivity index (χ4v) is 2.25. The summed E-state index contributed by atoms with van der Waals surface area (Å²) < 4.78 is 10.3. The minimum absolute atomic E-state index is 0.144. The lowest BCUT2D eigenvalue weighted by Crippen LogP contribution is -2.38. The van der Waals surface area contributed by atoms with Gasteiger partial charge >= 0.3 is 0 Å². The molecule has 0 radical (unpaired) electrons. The fourth-order valence-electron chi connectivity index (χ4n) is 2.25. The van der Waals surface area contributed by atoms with Crippen molar-refractivity contribution in [1.29, 1.82) is 0 Å². The van der Waals surface area contributed by atoms with Crippen LogP contribution >= 0.6 is 0 Å². The molecular formula is C13H27N3O3. The molecule has 1 aliphatic heterocycles. The van der Waals surface area contributed by atoms with Crippen molar-refractivity contribution in [3.8, 4) is 0 Å². The van der Waals surface area contributed by atoms with E-state index in [2.05, 4.69) is 4.90 Å². The van der Waals surface area contributed by atoms with Crippen LogP contribution in [0.2, 0.25) is 0 Å². The van der Waals surface area contributed by atoms with Gasteiger partial charge in [-0.3, -0.25) is 9.69 Å². The van der Waals surface area contributed by atoms with Crippen LogP contribution in [0, 0.1) is 0 Å². The second-order valence-electron chi connectivity index (χ2n) is 4.87. The van der Waals surface area contributed by atoms with Crippen molar-refractivity contribution in [3.63, 3.8) is 0 Å². The third-order valence-electron chi connectivity index (χ3n) is 3.55. The highest BCUT2D eigenvalue weighted by molar-refractivity contribution is 5.76. The first-order valence-corrected chi connectivity index (χ1v) is 6.93. The standard InChI is InChI=1S/C13H27N3O3/c1-18-9-8-15-4-3-5-16(7-6-15)13(17)10-12(11-14)19-2/h12H,3-11,14H2,1-2H3. The summed E-state index contributed by atoms with van der Waals surface area (Å²) in [6.07, 6.45) is 1.22.